The zero-order valence-corrected chi connectivity index (χ0v) is 19.7. The van der Waals surface area contributed by atoms with Gasteiger partial charge in [0.05, 0.1) is 0 Å². The van der Waals surface area contributed by atoms with Crippen LogP contribution in [0.2, 0.25) is 0 Å². The summed E-state index contributed by atoms with van der Waals surface area (Å²) >= 11 is 0. The van der Waals surface area contributed by atoms with Crippen molar-refractivity contribution in [1.29, 1.82) is 0 Å². The van der Waals surface area contributed by atoms with Gasteiger partial charge in [-0.3, -0.25) is 0 Å². The smallest absolute Gasteiger partial charge is 0.0152 e. The molecule has 0 fully saturated rings. The lowest BCUT2D eigenvalue weighted by atomic mass is 9.99. The van der Waals surface area contributed by atoms with Gasteiger partial charge in [0.2, 0.25) is 0 Å². The molecule has 0 unspecified atom stereocenters. The highest BCUT2D eigenvalue weighted by atomic mass is 14.1. The Kier molecular flexibility index (Phi) is 14.1. The Morgan fingerprint density at radius 1 is 0.533 bits per heavy atom. The molecule has 2 rings (SSSR count). The number of fused-ring (bicyclic) bond motifs is 1. The Hall–Kier alpha value is -1.56. The van der Waals surface area contributed by atoms with Crippen LogP contribution in [-0.2, 0) is 6.42 Å². The van der Waals surface area contributed by atoms with Crippen molar-refractivity contribution in [1.82, 2.24) is 0 Å². The standard InChI is InChI=1S/C30H46/c1-2-3-4-5-6-7-8-9-10-11-12-13-14-15-16-17-18-19-23-28-25-22-26-29-24-20-21-27-30(28)29/h3-4,20-22,24-27H,2,5-19,23H2,1H3/b4-3+. The number of hydrogen-bond acceptors (Lipinski definition) is 0. The molecule has 0 nitrogen and oxygen atoms in total. The molecule has 0 saturated heterocycles. The van der Waals surface area contributed by atoms with Crippen molar-refractivity contribution in [3.05, 3.63) is 60.2 Å². The summed E-state index contributed by atoms with van der Waals surface area (Å²) in [6.45, 7) is 2.21. The zero-order chi connectivity index (χ0) is 21.1. The molecule has 166 valence electrons. The van der Waals surface area contributed by atoms with Gasteiger partial charge in [0.15, 0.2) is 0 Å². The third-order valence-corrected chi connectivity index (χ3v) is 6.35. The molecule has 30 heavy (non-hydrogen) atoms. The third-order valence-electron chi connectivity index (χ3n) is 6.35. The van der Waals surface area contributed by atoms with E-state index in [-0.39, 0.29) is 0 Å². The van der Waals surface area contributed by atoms with E-state index in [2.05, 4.69) is 61.5 Å². The maximum absolute atomic E-state index is 2.35. The van der Waals surface area contributed by atoms with Crippen LogP contribution in [0.15, 0.2) is 54.6 Å². The lowest BCUT2D eigenvalue weighted by Crippen LogP contribution is -1.88. The average Bonchev–Trinajstić information content (AvgIpc) is 2.78. The van der Waals surface area contributed by atoms with Crippen molar-refractivity contribution >= 4 is 10.8 Å². The van der Waals surface area contributed by atoms with E-state index in [1.807, 2.05) is 0 Å². The molecule has 0 atom stereocenters. The second kappa shape index (κ2) is 17.2. The Balaban J connectivity index is 1.34. The van der Waals surface area contributed by atoms with Gasteiger partial charge in [-0.2, -0.15) is 0 Å². The van der Waals surface area contributed by atoms with Crippen LogP contribution in [0.1, 0.15) is 115 Å². The van der Waals surface area contributed by atoms with Crippen LogP contribution in [0.5, 0.6) is 0 Å². The van der Waals surface area contributed by atoms with E-state index in [4.69, 9.17) is 0 Å². The van der Waals surface area contributed by atoms with Crippen molar-refractivity contribution in [2.75, 3.05) is 0 Å². The van der Waals surface area contributed by atoms with Gasteiger partial charge < -0.3 is 0 Å². The van der Waals surface area contributed by atoms with Gasteiger partial charge in [0.25, 0.3) is 0 Å². The number of aryl methyl sites for hydroxylation is 1. The first-order valence-electron chi connectivity index (χ1n) is 13.0. The monoisotopic (exact) mass is 406 g/mol. The summed E-state index contributed by atoms with van der Waals surface area (Å²) in [5, 5.41) is 2.83. The summed E-state index contributed by atoms with van der Waals surface area (Å²) in [5.41, 5.74) is 1.53. The van der Waals surface area contributed by atoms with E-state index in [9.17, 15) is 0 Å². The normalized spacial score (nSPS) is 11.6. The van der Waals surface area contributed by atoms with E-state index >= 15 is 0 Å². The number of unbranched alkanes of at least 4 members (excludes halogenated alkanes) is 14. The number of rotatable bonds is 18. The van der Waals surface area contributed by atoms with E-state index in [0.717, 1.165) is 0 Å². The van der Waals surface area contributed by atoms with E-state index in [1.165, 1.54) is 125 Å². The molecule has 0 heterocycles. The predicted octanol–water partition coefficient (Wildman–Crippen LogP) is 10.2. The molecule has 2 aromatic carbocycles. The van der Waals surface area contributed by atoms with Crippen LogP contribution < -0.4 is 0 Å². The van der Waals surface area contributed by atoms with Gasteiger partial charge in [0, 0.05) is 0 Å². The highest BCUT2D eigenvalue weighted by Crippen LogP contribution is 2.21. The van der Waals surface area contributed by atoms with Crippen LogP contribution >= 0.6 is 0 Å². The quantitative estimate of drug-likeness (QED) is 0.170. The molecule has 0 saturated carbocycles. The number of allylic oxidation sites excluding steroid dienone is 2. The molecule has 0 aliphatic rings. The Labute approximate surface area is 187 Å². The fraction of sp³-hybridized carbons (Fsp3) is 0.600. The molecule has 0 bridgehead atoms. The fourth-order valence-electron chi connectivity index (χ4n) is 4.49. The minimum atomic E-state index is 1.19. The van der Waals surface area contributed by atoms with Gasteiger partial charge in [-0.1, -0.05) is 139 Å². The highest BCUT2D eigenvalue weighted by molar-refractivity contribution is 5.85. The van der Waals surface area contributed by atoms with Gasteiger partial charge in [-0.25, -0.2) is 0 Å². The predicted molar refractivity (Wildman–Crippen MR) is 136 cm³/mol. The second-order valence-electron chi connectivity index (χ2n) is 9.01. The van der Waals surface area contributed by atoms with Crippen LogP contribution in [0.4, 0.5) is 0 Å². The summed E-state index contributed by atoms with van der Waals surface area (Å²) in [7, 11) is 0. The Morgan fingerprint density at radius 2 is 1.07 bits per heavy atom. The first-order valence-corrected chi connectivity index (χ1v) is 13.0. The molecule has 2 aromatic rings. The molecular formula is C30H46. The van der Waals surface area contributed by atoms with Gasteiger partial charge >= 0.3 is 0 Å². The molecular weight excluding hydrogens is 360 g/mol. The molecule has 0 amide bonds. The largest absolute Gasteiger partial charge is 0.0888 e. The van der Waals surface area contributed by atoms with Crippen LogP contribution in [0, 0.1) is 0 Å². The maximum Gasteiger partial charge on any atom is -0.0152 e. The molecule has 0 spiro atoms. The lowest BCUT2D eigenvalue weighted by Gasteiger charge is -2.07. The van der Waals surface area contributed by atoms with E-state index < -0.39 is 0 Å². The van der Waals surface area contributed by atoms with Crippen molar-refractivity contribution in [2.45, 2.75) is 116 Å². The topological polar surface area (TPSA) is 0 Å². The van der Waals surface area contributed by atoms with Gasteiger partial charge in [-0.05, 0) is 48.4 Å². The summed E-state index contributed by atoms with van der Waals surface area (Å²) in [4.78, 5) is 0. The van der Waals surface area contributed by atoms with Crippen molar-refractivity contribution in [2.24, 2.45) is 0 Å². The highest BCUT2D eigenvalue weighted by Gasteiger charge is 2.00. The van der Waals surface area contributed by atoms with Crippen LogP contribution in [0.25, 0.3) is 10.8 Å². The van der Waals surface area contributed by atoms with Gasteiger partial charge in [-0.15, -0.1) is 0 Å². The minimum absolute atomic E-state index is 1.19. The molecule has 0 N–H and O–H groups in total. The molecule has 0 radical (unpaired) electrons. The average molecular weight is 407 g/mol. The summed E-state index contributed by atoms with van der Waals surface area (Å²) in [6, 6.07) is 15.6. The van der Waals surface area contributed by atoms with E-state index in [1.54, 1.807) is 0 Å². The molecule has 0 aliphatic heterocycles. The summed E-state index contributed by atoms with van der Waals surface area (Å²) < 4.78 is 0. The maximum atomic E-state index is 2.35. The van der Waals surface area contributed by atoms with Crippen LogP contribution in [-0.4, -0.2) is 0 Å². The Morgan fingerprint density at radius 3 is 1.70 bits per heavy atom. The molecule has 0 heteroatoms. The first kappa shape index (κ1) is 24.7. The number of hydrogen-bond donors (Lipinski definition) is 0. The minimum Gasteiger partial charge on any atom is -0.0888 e. The van der Waals surface area contributed by atoms with E-state index in [0.29, 0.717) is 0 Å². The van der Waals surface area contributed by atoms with Crippen molar-refractivity contribution in [3.63, 3.8) is 0 Å². The summed E-state index contributed by atoms with van der Waals surface area (Å²) in [6.07, 6.45) is 28.4. The van der Waals surface area contributed by atoms with Crippen LogP contribution in [0.3, 0.4) is 0 Å². The van der Waals surface area contributed by atoms with Crippen molar-refractivity contribution < 1.29 is 0 Å². The first-order chi connectivity index (χ1) is 14.9. The number of benzene rings is 2. The summed E-state index contributed by atoms with van der Waals surface area (Å²) in [5.74, 6) is 0. The molecule has 0 aromatic heterocycles. The SMILES string of the molecule is CC/C=C/CCCCCCCCCCCCCCCCc1cccc2ccccc12. The Bertz CT molecular complexity index is 676. The lowest BCUT2D eigenvalue weighted by molar-refractivity contribution is 0.534. The van der Waals surface area contributed by atoms with Crippen molar-refractivity contribution in [3.8, 4) is 0 Å². The van der Waals surface area contributed by atoms with Gasteiger partial charge in [0.1, 0.15) is 0 Å². The second-order valence-corrected chi connectivity index (χ2v) is 9.01. The third kappa shape index (κ3) is 11.0. The fourth-order valence-corrected chi connectivity index (χ4v) is 4.49. The molecule has 0 aliphatic carbocycles. The zero-order valence-electron chi connectivity index (χ0n) is 19.7.